The van der Waals surface area contributed by atoms with E-state index < -0.39 is 23.3 Å². The highest BCUT2D eigenvalue weighted by Gasteiger charge is 2.39. The molecule has 5 nitrogen and oxygen atoms in total. The van der Waals surface area contributed by atoms with Crippen molar-refractivity contribution >= 4 is 11.6 Å². The van der Waals surface area contributed by atoms with Crippen LogP contribution in [0.3, 0.4) is 0 Å². The zero-order valence-electron chi connectivity index (χ0n) is 14.0. The molecule has 0 aromatic heterocycles. The third-order valence-corrected chi connectivity index (χ3v) is 3.95. The Morgan fingerprint density at radius 1 is 1.36 bits per heavy atom. The minimum atomic E-state index is -4.53. The maximum atomic E-state index is 14.3. The molecule has 2 rings (SSSR count). The number of amides is 1. The quantitative estimate of drug-likeness (QED) is 0.789. The van der Waals surface area contributed by atoms with Crippen molar-refractivity contribution in [1.82, 2.24) is 4.90 Å². The van der Waals surface area contributed by atoms with Crippen molar-refractivity contribution in [2.24, 2.45) is 0 Å². The number of rotatable bonds is 6. The van der Waals surface area contributed by atoms with E-state index in [0.717, 1.165) is 18.2 Å². The number of methoxy groups -OCH3 is 2. The second-order valence-corrected chi connectivity index (χ2v) is 6.01. The minimum Gasteiger partial charge on any atom is -0.495 e. The Labute approximate surface area is 142 Å². The Kier molecular flexibility index (Phi) is 5.89. The topological polar surface area (TPSA) is 50.8 Å². The van der Waals surface area contributed by atoms with Gasteiger partial charge in [0, 0.05) is 20.2 Å². The van der Waals surface area contributed by atoms with Crippen LogP contribution < -0.4 is 10.1 Å². The van der Waals surface area contributed by atoms with Crippen LogP contribution in [0.2, 0.25) is 0 Å². The van der Waals surface area contributed by atoms with Crippen LogP contribution in [0.1, 0.15) is 12.0 Å². The summed E-state index contributed by atoms with van der Waals surface area (Å²) < 4.78 is 62.5. The van der Waals surface area contributed by atoms with Crippen LogP contribution in [0.4, 0.5) is 23.2 Å². The lowest BCUT2D eigenvalue weighted by Crippen LogP contribution is -2.36. The molecule has 1 atom stereocenters. The van der Waals surface area contributed by atoms with Gasteiger partial charge in [-0.15, -0.1) is 0 Å². The van der Waals surface area contributed by atoms with Crippen LogP contribution in [-0.2, 0) is 15.7 Å². The van der Waals surface area contributed by atoms with Crippen LogP contribution >= 0.6 is 0 Å². The highest BCUT2D eigenvalue weighted by molar-refractivity contribution is 5.93. The Balaban J connectivity index is 2.03. The summed E-state index contributed by atoms with van der Waals surface area (Å²) in [4.78, 5) is 13.7. The molecule has 1 N–H and O–H groups in total. The van der Waals surface area contributed by atoms with Crippen molar-refractivity contribution in [2.75, 3.05) is 45.8 Å². The van der Waals surface area contributed by atoms with Gasteiger partial charge < -0.3 is 14.8 Å². The summed E-state index contributed by atoms with van der Waals surface area (Å²) in [5.41, 5.74) is -2.49. The molecule has 1 aromatic carbocycles. The Hall–Kier alpha value is -1.87. The molecule has 0 radical (unpaired) electrons. The Morgan fingerprint density at radius 2 is 2.08 bits per heavy atom. The number of likely N-dealkylation sites (tertiary alicyclic amines) is 1. The molecule has 1 aromatic rings. The summed E-state index contributed by atoms with van der Waals surface area (Å²) in [7, 11) is 2.69. The molecule has 1 saturated heterocycles. The van der Waals surface area contributed by atoms with E-state index in [1.807, 2.05) is 0 Å². The standard InChI is InChI=1S/C16H20F4N2O3/c1-24-10-15(17)5-6-22(9-15)8-14(23)21-12-7-11(16(18,19)20)3-4-13(12)25-2/h3-4,7H,5-6,8-10H2,1-2H3,(H,21,23). The zero-order valence-corrected chi connectivity index (χ0v) is 14.0. The van der Waals surface area contributed by atoms with Crippen molar-refractivity contribution in [1.29, 1.82) is 0 Å². The smallest absolute Gasteiger partial charge is 0.416 e. The first kappa shape index (κ1) is 19.5. The molecule has 1 unspecified atom stereocenters. The maximum Gasteiger partial charge on any atom is 0.416 e. The number of halogens is 4. The second-order valence-electron chi connectivity index (χ2n) is 6.01. The van der Waals surface area contributed by atoms with E-state index in [-0.39, 0.29) is 37.6 Å². The first-order valence-corrected chi connectivity index (χ1v) is 7.62. The molecule has 0 spiro atoms. The third-order valence-electron chi connectivity index (χ3n) is 3.95. The van der Waals surface area contributed by atoms with Gasteiger partial charge in [0.25, 0.3) is 0 Å². The van der Waals surface area contributed by atoms with E-state index in [1.165, 1.54) is 14.2 Å². The average Bonchev–Trinajstić information content (AvgIpc) is 2.87. The van der Waals surface area contributed by atoms with Crippen molar-refractivity contribution in [3.8, 4) is 5.75 Å². The van der Waals surface area contributed by atoms with Crippen LogP contribution in [0.5, 0.6) is 5.75 Å². The van der Waals surface area contributed by atoms with E-state index in [4.69, 9.17) is 9.47 Å². The van der Waals surface area contributed by atoms with Gasteiger partial charge in [0.15, 0.2) is 0 Å². The maximum absolute atomic E-state index is 14.3. The Morgan fingerprint density at radius 3 is 2.68 bits per heavy atom. The van der Waals surface area contributed by atoms with Crippen molar-refractivity contribution in [3.63, 3.8) is 0 Å². The predicted octanol–water partition coefficient (Wildman–Crippen LogP) is 2.71. The zero-order chi connectivity index (χ0) is 18.7. The Bertz CT molecular complexity index is 624. The molecule has 0 saturated carbocycles. The van der Waals surface area contributed by atoms with E-state index in [2.05, 4.69) is 5.32 Å². The lowest BCUT2D eigenvalue weighted by molar-refractivity contribution is -0.137. The molecule has 0 aliphatic carbocycles. The lowest BCUT2D eigenvalue weighted by Gasteiger charge is -2.20. The number of benzene rings is 1. The van der Waals surface area contributed by atoms with Gasteiger partial charge in [0.05, 0.1) is 31.5 Å². The van der Waals surface area contributed by atoms with E-state index >= 15 is 0 Å². The molecule has 140 valence electrons. The number of anilines is 1. The summed E-state index contributed by atoms with van der Waals surface area (Å²) in [5, 5.41) is 2.40. The number of nitrogens with zero attached hydrogens (tertiary/aromatic N) is 1. The highest BCUT2D eigenvalue weighted by atomic mass is 19.4. The number of carbonyl (C=O) groups is 1. The van der Waals surface area contributed by atoms with Crippen molar-refractivity contribution in [2.45, 2.75) is 18.3 Å². The fraction of sp³-hybridized carbons (Fsp3) is 0.562. The van der Waals surface area contributed by atoms with Crippen molar-refractivity contribution < 1.29 is 31.8 Å². The van der Waals surface area contributed by atoms with Gasteiger partial charge in [-0.1, -0.05) is 0 Å². The van der Waals surface area contributed by atoms with E-state index in [0.29, 0.717) is 6.54 Å². The van der Waals surface area contributed by atoms with Gasteiger partial charge >= 0.3 is 6.18 Å². The lowest BCUT2D eigenvalue weighted by atomic mass is 10.1. The fourth-order valence-electron chi connectivity index (χ4n) is 2.80. The minimum absolute atomic E-state index is 0.0357. The van der Waals surface area contributed by atoms with E-state index in [9.17, 15) is 22.4 Å². The van der Waals surface area contributed by atoms with Gasteiger partial charge in [-0.3, -0.25) is 9.69 Å². The van der Waals surface area contributed by atoms with Crippen LogP contribution in [0.25, 0.3) is 0 Å². The number of alkyl halides is 4. The van der Waals surface area contributed by atoms with Gasteiger partial charge in [-0.05, 0) is 24.6 Å². The number of ether oxygens (including phenoxy) is 2. The number of carbonyl (C=O) groups excluding carboxylic acids is 1. The largest absolute Gasteiger partial charge is 0.495 e. The van der Waals surface area contributed by atoms with Gasteiger partial charge in [0.1, 0.15) is 11.4 Å². The molecule has 1 fully saturated rings. The van der Waals surface area contributed by atoms with Crippen LogP contribution in [-0.4, -0.2) is 56.9 Å². The summed E-state index contributed by atoms with van der Waals surface area (Å²) in [6.07, 6.45) is -4.30. The molecule has 0 bridgehead atoms. The second kappa shape index (κ2) is 7.57. The van der Waals surface area contributed by atoms with Crippen molar-refractivity contribution in [3.05, 3.63) is 23.8 Å². The first-order chi connectivity index (χ1) is 11.7. The third kappa shape index (κ3) is 5.05. The van der Waals surface area contributed by atoms with Crippen LogP contribution in [0.15, 0.2) is 18.2 Å². The molecule has 25 heavy (non-hydrogen) atoms. The SMILES string of the molecule is COCC1(F)CCN(CC(=O)Nc2cc(C(F)(F)F)ccc2OC)C1. The molecule has 1 aliphatic rings. The van der Waals surface area contributed by atoms with Gasteiger partial charge in [-0.25, -0.2) is 4.39 Å². The summed E-state index contributed by atoms with van der Waals surface area (Å²) >= 11 is 0. The predicted molar refractivity (Wildman–Crippen MR) is 83.4 cm³/mol. The van der Waals surface area contributed by atoms with Crippen LogP contribution in [0, 0.1) is 0 Å². The molecule has 1 heterocycles. The number of hydrogen-bond acceptors (Lipinski definition) is 4. The van der Waals surface area contributed by atoms with Gasteiger partial charge in [0.2, 0.25) is 5.91 Å². The molecule has 1 aliphatic heterocycles. The summed E-state index contributed by atoms with van der Waals surface area (Å²) in [6, 6.07) is 2.82. The average molecular weight is 364 g/mol. The normalized spacial score (nSPS) is 21.4. The summed E-state index contributed by atoms with van der Waals surface area (Å²) in [6.45, 7) is 0.211. The molecular formula is C16H20F4N2O3. The fourth-order valence-corrected chi connectivity index (χ4v) is 2.80. The van der Waals surface area contributed by atoms with Gasteiger partial charge in [-0.2, -0.15) is 13.2 Å². The summed E-state index contributed by atoms with van der Waals surface area (Å²) in [5.74, 6) is -0.429. The first-order valence-electron chi connectivity index (χ1n) is 7.62. The molecule has 1 amide bonds. The number of nitrogens with one attached hydrogen (secondary N) is 1. The highest BCUT2D eigenvalue weighted by Crippen LogP contribution is 2.35. The van der Waals surface area contributed by atoms with E-state index in [1.54, 1.807) is 4.90 Å². The molecular weight excluding hydrogens is 344 g/mol. The monoisotopic (exact) mass is 364 g/mol. The molecule has 9 heteroatoms. The number of hydrogen-bond donors (Lipinski definition) is 1.